The molecule has 3 aromatic rings. The van der Waals surface area contributed by atoms with Crippen LogP contribution in [0.3, 0.4) is 0 Å². The van der Waals surface area contributed by atoms with Crippen molar-refractivity contribution in [3.8, 4) is 11.3 Å². The lowest BCUT2D eigenvalue weighted by Crippen LogP contribution is -2.46. The number of ether oxygens (including phenoxy) is 1. The average molecular weight is 438 g/mol. The van der Waals surface area contributed by atoms with Crippen molar-refractivity contribution in [1.82, 2.24) is 19.5 Å². The fourth-order valence-corrected chi connectivity index (χ4v) is 5.13. The summed E-state index contributed by atoms with van der Waals surface area (Å²) in [6.07, 6.45) is 6.73. The average Bonchev–Trinajstić information content (AvgIpc) is 3.19. The zero-order valence-corrected chi connectivity index (χ0v) is 18.8. The Morgan fingerprint density at radius 2 is 2.03 bits per heavy atom. The number of halogens is 1. The fourth-order valence-electron chi connectivity index (χ4n) is 4.90. The maximum Gasteiger partial charge on any atom is 0.151 e. The predicted molar refractivity (Wildman–Crippen MR) is 128 cm³/mol. The Morgan fingerprint density at radius 3 is 2.87 bits per heavy atom. The Kier molecular flexibility index (Phi) is 6.16. The number of benzene rings is 1. The third-order valence-corrected chi connectivity index (χ3v) is 6.96. The maximum absolute atomic E-state index is 6.47. The number of piperidine rings is 1. The second-order valence-electron chi connectivity index (χ2n) is 8.80. The summed E-state index contributed by atoms with van der Waals surface area (Å²) >= 11 is 6.47. The standard InChI is InChI=1S/C23H29BClN5O/c24-19-14-27-30-22(12-21(28-23(19)30)18-5-1-2-6-20(18)25)26-13-16-4-3-9-29(15-16)17-7-10-31-11-8-17/h1-2,5-6,12,14,16-17,26H,3-4,7-11,13,15,24H2. The normalized spacial score (nSPS) is 20.9. The van der Waals surface area contributed by atoms with Crippen LogP contribution in [0, 0.1) is 5.92 Å². The molecule has 2 fully saturated rings. The lowest BCUT2D eigenvalue weighted by Gasteiger charge is -2.40. The molecule has 1 N–H and O–H groups in total. The van der Waals surface area contributed by atoms with Gasteiger partial charge in [0.2, 0.25) is 0 Å². The van der Waals surface area contributed by atoms with Gasteiger partial charge in [0, 0.05) is 55.2 Å². The van der Waals surface area contributed by atoms with Crippen molar-refractivity contribution < 1.29 is 4.74 Å². The smallest absolute Gasteiger partial charge is 0.151 e. The molecule has 0 aliphatic carbocycles. The van der Waals surface area contributed by atoms with E-state index in [1.165, 1.54) is 32.2 Å². The summed E-state index contributed by atoms with van der Waals surface area (Å²) in [5, 5.41) is 8.96. The van der Waals surface area contributed by atoms with Crippen LogP contribution in [0.25, 0.3) is 16.9 Å². The number of anilines is 1. The van der Waals surface area contributed by atoms with E-state index in [1.54, 1.807) is 0 Å². The van der Waals surface area contributed by atoms with Gasteiger partial charge in [0.15, 0.2) is 5.65 Å². The topological polar surface area (TPSA) is 54.7 Å². The minimum absolute atomic E-state index is 0.625. The summed E-state index contributed by atoms with van der Waals surface area (Å²) in [6, 6.07) is 10.6. The van der Waals surface area contributed by atoms with Gasteiger partial charge in [-0.25, -0.2) is 4.98 Å². The second-order valence-corrected chi connectivity index (χ2v) is 9.20. The van der Waals surface area contributed by atoms with Gasteiger partial charge >= 0.3 is 0 Å². The van der Waals surface area contributed by atoms with Crippen LogP contribution in [-0.4, -0.2) is 66.2 Å². The SMILES string of the molecule is Bc1cnn2c(NCC3CCCN(C4CCOCC4)C3)cc(-c3ccccc3Cl)nc12. The first-order chi connectivity index (χ1) is 15.2. The first-order valence-corrected chi connectivity index (χ1v) is 11.7. The molecule has 162 valence electrons. The number of fused-ring (bicyclic) bond motifs is 1. The molecule has 5 rings (SSSR count). The van der Waals surface area contributed by atoms with E-state index in [0.717, 1.165) is 54.5 Å². The van der Waals surface area contributed by atoms with Gasteiger partial charge in [0.1, 0.15) is 13.7 Å². The number of hydrogen-bond acceptors (Lipinski definition) is 5. The van der Waals surface area contributed by atoms with Crippen molar-refractivity contribution in [2.75, 3.05) is 38.2 Å². The van der Waals surface area contributed by atoms with E-state index < -0.39 is 0 Å². The summed E-state index contributed by atoms with van der Waals surface area (Å²) in [4.78, 5) is 7.54. The van der Waals surface area contributed by atoms with Crippen LogP contribution >= 0.6 is 11.6 Å². The summed E-state index contributed by atoms with van der Waals surface area (Å²) in [6.45, 7) is 5.11. The first-order valence-electron chi connectivity index (χ1n) is 11.3. The van der Waals surface area contributed by atoms with E-state index in [-0.39, 0.29) is 0 Å². The Bertz CT molecular complexity index is 1050. The van der Waals surface area contributed by atoms with Crippen LogP contribution in [0.5, 0.6) is 0 Å². The minimum atomic E-state index is 0.625. The van der Waals surface area contributed by atoms with Crippen LogP contribution in [0.15, 0.2) is 36.5 Å². The molecule has 0 saturated carbocycles. The van der Waals surface area contributed by atoms with Crippen molar-refractivity contribution in [3.05, 3.63) is 41.6 Å². The fraction of sp³-hybridized carbons (Fsp3) is 0.478. The van der Waals surface area contributed by atoms with Crippen molar-refractivity contribution >= 4 is 36.4 Å². The van der Waals surface area contributed by atoms with Crippen molar-refractivity contribution in [2.45, 2.75) is 31.7 Å². The van der Waals surface area contributed by atoms with Crippen molar-refractivity contribution in [2.24, 2.45) is 5.92 Å². The molecule has 31 heavy (non-hydrogen) atoms. The highest BCUT2D eigenvalue weighted by molar-refractivity contribution is 6.36. The zero-order valence-electron chi connectivity index (χ0n) is 18.1. The Balaban J connectivity index is 1.35. The molecule has 2 aliphatic heterocycles. The Labute approximate surface area is 189 Å². The van der Waals surface area contributed by atoms with Gasteiger partial charge in [-0.15, -0.1) is 0 Å². The van der Waals surface area contributed by atoms with E-state index in [2.05, 4.69) is 21.4 Å². The van der Waals surface area contributed by atoms with E-state index >= 15 is 0 Å². The van der Waals surface area contributed by atoms with E-state index in [1.807, 2.05) is 42.8 Å². The van der Waals surface area contributed by atoms with Gasteiger partial charge in [-0.1, -0.05) is 29.8 Å². The molecule has 0 radical (unpaired) electrons. The molecule has 4 heterocycles. The summed E-state index contributed by atoms with van der Waals surface area (Å²) in [5.41, 5.74) is 3.74. The van der Waals surface area contributed by atoms with Crippen molar-refractivity contribution in [3.63, 3.8) is 0 Å². The lowest BCUT2D eigenvalue weighted by molar-refractivity contribution is 0.0190. The highest BCUT2D eigenvalue weighted by Gasteiger charge is 2.27. The lowest BCUT2D eigenvalue weighted by atomic mass is 9.94. The predicted octanol–water partition coefficient (Wildman–Crippen LogP) is 2.61. The molecule has 2 saturated heterocycles. The molecule has 1 atom stereocenters. The largest absolute Gasteiger partial charge is 0.381 e. The van der Waals surface area contributed by atoms with Gasteiger partial charge in [-0.3, -0.25) is 4.90 Å². The Morgan fingerprint density at radius 1 is 1.19 bits per heavy atom. The van der Waals surface area contributed by atoms with Gasteiger partial charge in [0.25, 0.3) is 0 Å². The van der Waals surface area contributed by atoms with Gasteiger partial charge in [0.05, 0.1) is 5.69 Å². The van der Waals surface area contributed by atoms with Crippen LogP contribution in [0.2, 0.25) is 5.02 Å². The second kappa shape index (κ2) is 9.19. The molecule has 1 unspecified atom stereocenters. The monoisotopic (exact) mass is 437 g/mol. The van der Waals surface area contributed by atoms with E-state index in [9.17, 15) is 0 Å². The molecule has 2 aliphatic rings. The number of rotatable bonds is 5. The number of nitrogens with zero attached hydrogens (tertiary/aromatic N) is 4. The summed E-state index contributed by atoms with van der Waals surface area (Å²) in [7, 11) is 2.04. The van der Waals surface area contributed by atoms with Crippen LogP contribution in [0.1, 0.15) is 25.7 Å². The van der Waals surface area contributed by atoms with Crippen molar-refractivity contribution in [1.29, 1.82) is 0 Å². The number of hydrogen-bond donors (Lipinski definition) is 1. The van der Waals surface area contributed by atoms with Crippen LogP contribution in [-0.2, 0) is 4.74 Å². The molecule has 0 bridgehead atoms. The number of aromatic nitrogens is 3. The van der Waals surface area contributed by atoms with Gasteiger partial charge in [-0.2, -0.15) is 9.61 Å². The van der Waals surface area contributed by atoms with E-state index in [4.69, 9.17) is 21.3 Å². The van der Waals surface area contributed by atoms with Crippen LogP contribution < -0.4 is 10.8 Å². The third-order valence-electron chi connectivity index (χ3n) is 6.63. The molecular weight excluding hydrogens is 409 g/mol. The minimum Gasteiger partial charge on any atom is -0.381 e. The summed E-state index contributed by atoms with van der Waals surface area (Å²) in [5.74, 6) is 1.59. The molecular formula is C23H29BClN5O. The molecule has 6 nitrogen and oxygen atoms in total. The highest BCUT2D eigenvalue weighted by Crippen LogP contribution is 2.29. The molecule has 1 aromatic carbocycles. The molecule has 2 aromatic heterocycles. The highest BCUT2D eigenvalue weighted by atomic mass is 35.5. The van der Waals surface area contributed by atoms with E-state index in [0.29, 0.717) is 17.0 Å². The quantitative estimate of drug-likeness (QED) is 0.622. The first kappa shape index (κ1) is 20.8. The summed E-state index contributed by atoms with van der Waals surface area (Å²) < 4.78 is 7.47. The van der Waals surface area contributed by atoms with Crippen LogP contribution in [0.4, 0.5) is 5.82 Å². The van der Waals surface area contributed by atoms with Gasteiger partial charge in [-0.05, 0) is 49.7 Å². The third kappa shape index (κ3) is 4.45. The molecule has 0 spiro atoms. The Hall–Kier alpha value is -2.09. The molecule has 8 heteroatoms. The number of nitrogens with one attached hydrogen (secondary N) is 1. The molecule has 0 amide bonds. The maximum atomic E-state index is 6.47. The number of likely N-dealkylation sites (tertiary alicyclic amines) is 1. The zero-order chi connectivity index (χ0) is 21.2. The van der Waals surface area contributed by atoms with Gasteiger partial charge < -0.3 is 10.1 Å².